The standard InChI is InChI=1S/C13H19NO5S/c1-7-4-5-10(6-7)14-20(17,18)12-9(3)19-8(2)11(12)13(15)16/h7,10,14H,4-6H2,1-3H3,(H,15,16). The zero-order chi connectivity index (χ0) is 15.1. The minimum atomic E-state index is -3.88. The van der Waals surface area contributed by atoms with Gasteiger partial charge in [0, 0.05) is 6.04 Å². The topological polar surface area (TPSA) is 96.6 Å². The monoisotopic (exact) mass is 301 g/mol. The normalized spacial score (nSPS) is 23.1. The molecule has 0 spiro atoms. The van der Waals surface area contributed by atoms with E-state index in [4.69, 9.17) is 4.42 Å². The Balaban J connectivity index is 2.37. The molecule has 6 nitrogen and oxygen atoms in total. The van der Waals surface area contributed by atoms with Crippen LogP contribution in [0, 0.1) is 19.8 Å². The van der Waals surface area contributed by atoms with Gasteiger partial charge in [-0.2, -0.15) is 0 Å². The van der Waals surface area contributed by atoms with Crippen LogP contribution in [0.15, 0.2) is 9.31 Å². The number of sulfonamides is 1. The molecule has 1 aliphatic rings. The van der Waals surface area contributed by atoms with Crippen molar-refractivity contribution in [3.8, 4) is 0 Å². The summed E-state index contributed by atoms with van der Waals surface area (Å²) in [7, 11) is -3.88. The number of aryl methyl sites for hydroxylation is 2. The van der Waals surface area contributed by atoms with Crippen molar-refractivity contribution in [2.45, 2.75) is 51.0 Å². The average Bonchev–Trinajstić information content (AvgIpc) is 2.81. The average molecular weight is 301 g/mol. The maximum Gasteiger partial charge on any atom is 0.340 e. The number of aromatic carboxylic acids is 1. The van der Waals surface area contributed by atoms with Crippen LogP contribution < -0.4 is 4.72 Å². The Kier molecular flexibility index (Phi) is 3.93. The van der Waals surface area contributed by atoms with Crippen molar-refractivity contribution in [1.29, 1.82) is 0 Å². The molecule has 1 aliphatic carbocycles. The fourth-order valence-corrected chi connectivity index (χ4v) is 4.52. The second kappa shape index (κ2) is 5.21. The molecule has 1 aromatic heterocycles. The molecule has 0 aliphatic heterocycles. The smallest absolute Gasteiger partial charge is 0.340 e. The molecule has 2 N–H and O–H groups in total. The molecule has 0 saturated heterocycles. The zero-order valence-electron chi connectivity index (χ0n) is 11.8. The number of carboxylic acid groups (broad SMARTS) is 1. The van der Waals surface area contributed by atoms with Crippen LogP contribution in [0.3, 0.4) is 0 Å². The van der Waals surface area contributed by atoms with Crippen LogP contribution in [-0.4, -0.2) is 25.5 Å². The summed E-state index contributed by atoms with van der Waals surface area (Å²) in [4.78, 5) is 11.0. The lowest BCUT2D eigenvalue weighted by molar-refractivity contribution is 0.0691. The molecule has 0 bridgehead atoms. The van der Waals surface area contributed by atoms with E-state index in [-0.39, 0.29) is 28.0 Å². The lowest BCUT2D eigenvalue weighted by atomic mass is 10.1. The maximum absolute atomic E-state index is 12.4. The Morgan fingerprint density at radius 1 is 1.30 bits per heavy atom. The van der Waals surface area contributed by atoms with Crippen molar-refractivity contribution < 1.29 is 22.7 Å². The summed E-state index contributed by atoms with van der Waals surface area (Å²) in [6, 6.07) is -0.133. The predicted octanol–water partition coefficient (Wildman–Crippen LogP) is 2.06. The first kappa shape index (κ1) is 15.1. The quantitative estimate of drug-likeness (QED) is 0.887. The highest BCUT2D eigenvalue weighted by Gasteiger charge is 2.33. The van der Waals surface area contributed by atoms with Gasteiger partial charge in [0.1, 0.15) is 22.0 Å². The van der Waals surface area contributed by atoms with Crippen molar-refractivity contribution in [1.82, 2.24) is 4.72 Å². The Hall–Kier alpha value is -1.34. The molecule has 1 heterocycles. The van der Waals surface area contributed by atoms with Crippen LogP contribution in [-0.2, 0) is 10.0 Å². The number of hydrogen-bond acceptors (Lipinski definition) is 4. The van der Waals surface area contributed by atoms with Crippen LogP contribution in [0.1, 0.15) is 48.1 Å². The van der Waals surface area contributed by atoms with E-state index in [1.807, 2.05) is 0 Å². The zero-order valence-corrected chi connectivity index (χ0v) is 12.6. The fourth-order valence-electron chi connectivity index (χ4n) is 2.83. The third-order valence-electron chi connectivity index (χ3n) is 3.70. The number of rotatable bonds is 4. The molecule has 1 aromatic rings. The van der Waals surface area contributed by atoms with E-state index in [9.17, 15) is 18.3 Å². The van der Waals surface area contributed by atoms with E-state index in [0.717, 1.165) is 19.3 Å². The van der Waals surface area contributed by atoms with Gasteiger partial charge in [-0.3, -0.25) is 0 Å². The van der Waals surface area contributed by atoms with E-state index >= 15 is 0 Å². The number of nitrogens with one attached hydrogen (secondary N) is 1. The maximum atomic E-state index is 12.4. The van der Waals surface area contributed by atoms with Gasteiger partial charge in [-0.05, 0) is 39.0 Å². The largest absolute Gasteiger partial charge is 0.478 e. The molecule has 1 saturated carbocycles. The molecule has 20 heavy (non-hydrogen) atoms. The van der Waals surface area contributed by atoms with Crippen molar-refractivity contribution in [3.05, 3.63) is 17.1 Å². The molecular formula is C13H19NO5S. The third kappa shape index (κ3) is 2.73. The van der Waals surface area contributed by atoms with Gasteiger partial charge in [0.25, 0.3) is 0 Å². The van der Waals surface area contributed by atoms with Crippen LogP contribution in [0.25, 0.3) is 0 Å². The van der Waals surface area contributed by atoms with Gasteiger partial charge in [-0.25, -0.2) is 17.9 Å². The summed E-state index contributed by atoms with van der Waals surface area (Å²) in [6.07, 6.45) is 2.53. The van der Waals surface area contributed by atoms with Crippen molar-refractivity contribution in [2.75, 3.05) is 0 Å². The van der Waals surface area contributed by atoms with Crippen LogP contribution >= 0.6 is 0 Å². The highest BCUT2D eigenvalue weighted by molar-refractivity contribution is 7.89. The van der Waals surface area contributed by atoms with Crippen molar-refractivity contribution in [3.63, 3.8) is 0 Å². The molecule has 7 heteroatoms. The first-order chi connectivity index (χ1) is 9.22. The SMILES string of the molecule is Cc1oc(C)c(S(=O)(=O)NC2CCC(C)C2)c1C(=O)O. The Morgan fingerprint density at radius 2 is 1.95 bits per heavy atom. The van der Waals surface area contributed by atoms with Crippen LogP contribution in [0.5, 0.6) is 0 Å². The number of furan rings is 1. The van der Waals surface area contributed by atoms with Crippen LogP contribution in [0.4, 0.5) is 0 Å². The van der Waals surface area contributed by atoms with E-state index in [0.29, 0.717) is 5.92 Å². The van der Waals surface area contributed by atoms with Gasteiger partial charge in [0.15, 0.2) is 0 Å². The minimum Gasteiger partial charge on any atom is -0.478 e. The Morgan fingerprint density at radius 3 is 2.45 bits per heavy atom. The number of carboxylic acids is 1. The fraction of sp³-hybridized carbons (Fsp3) is 0.615. The first-order valence-electron chi connectivity index (χ1n) is 6.58. The molecule has 2 unspecified atom stereocenters. The summed E-state index contributed by atoms with van der Waals surface area (Å²) in [5.41, 5.74) is -0.277. The minimum absolute atomic E-state index is 0.107. The van der Waals surface area contributed by atoms with Crippen molar-refractivity contribution >= 4 is 16.0 Å². The number of carbonyl (C=O) groups is 1. The summed E-state index contributed by atoms with van der Waals surface area (Å²) in [6.45, 7) is 4.99. The summed E-state index contributed by atoms with van der Waals surface area (Å²) < 4.78 is 32.6. The molecular weight excluding hydrogens is 282 g/mol. The molecule has 112 valence electrons. The van der Waals surface area contributed by atoms with E-state index in [1.165, 1.54) is 13.8 Å². The Bertz CT molecular complexity index is 631. The molecule has 2 rings (SSSR count). The second-order valence-electron chi connectivity index (χ2n) is 5.46. The highest BCUT2D eigenvalue weighted by atomic mass is 32.2. The molecule has 0 aromatic carbocycles. The summed E-state index contributed by atoms with van der Waals surface area (Å²) in [5, 5.41) is 9.17. The van der Waals surface area contributed by atoms with E-state index in [2.05, 4.69) is 11.6 Å². The molecule has 0 radical (unpaired) electrons. The third-order valence-corrected chi connectivity index (χ3v) is 5.38. The molecule has 0 amide bonds. The summed E-state index contributed by atoms with van der Waals surface area (Å²) in [5.74, 6) is -0.595. The first-order valence-corrected chi connectivity index (χ1v) is 8.06. The van der Waals surface area contributed by atoms with E-state index in [1.54, 1.807) is 0 Å². The highest BCUT2D eigenvalue weighted by Crippen LogP contribution is 2.30. The Labute approximate surface area is 118 Å². The van der Waals surface area contributed by atoms with Gasteiger partial charge in [-0.15, -0.1) is 0 Å². The second-order valence-corrected chi connectivity index (χ2v) is 7.11. The lowest BCUT2D eigenvalue weighted by Gasteiger charge is -2.13. The van der Waals surface area contributed by atoms with Gasteiger partial charge in [0.2, 0.25) is 10.0 Å². The number of hydrogen-bond donors (Lipinski definition) is 2. The molecule has 2 atom stereocenters. The lowest BCUT2D eigenvalue weighted by Crippen LogP contribution is -2.34. The molecule has 1 fully saturated rings. The van der Waals surface area contributed by atoms with Crippen LogP contribution in [0.2, 0.25) is 0 Å². The van der Waals surface area contributed by atoms with Gasteiger partial charge >= 0.3 is 5.97 Å². The predicted molar refractivity (Wildman–Crippen MR) is 72.3 cm³/mol. The van der Waals surface area contributed by atoms with Gasteiger partial charge in [0.05, 0.1) is 0 Å². The van der Waals surface area contributed by atoms with Gasteiger partial charge < -0.3 is 9.52 Å². The van der Waals surface area contributed by atoms with Gasteiger partial charge in [-0.1, -0.05) is 6.92 Å². The van der Waals surface area contributed by atoms with E-state index < -0.39 is 16.0 Å². The van der Waals surface area contributed by atoms with Crippen molar-refractivity contribution in [2.24, 2.45) is 5.92 Å². The summed E-state index contributed by atoms with van der Waals surface area (Å²) >= 11 is 0.